The number of anilines is 1. The molecule has 0 saturated heterocycles. The van der Waals surface area contributed by atoms with Gasteiger partial charge < -0.3 is 5.11 Å². The van der Waals surface area contributed by atoms with Crippen molar-refractivity contribution in [3.63, 3.8) is 0 Å². The van der Waals surface area contributed by atoms with Gasteiger partial charge in [-0.15, -0.1) is 11.3 Å². The summed E-state index contributed by atoms with van der Waals surface area (Å²) in [5, 5.41) is 12.1. The summed E-state index contributed by atoms with van der Waals surface area (Å²) < 4.78 is 0. The van der Waals surface area contributed by atoms with E-state index in [0.717, 1.165) is 40.2 Å². The molecule has 2 amide bonds. The third-order valence-corrected chi connectivity index (χ3v) is 9.00. The van der Waals surface area contributed by atoms with Crippen LogP contribution in [0.5, 0.6) is 5.75 Å². The van der Waals surface area contributed by atoms with Gasteiger partial charge in [-0.2, -0.15) is 0 Å². The van der Waals surface area contributed by atoms with E-state index >= 15 is 0 Å². The fraction of sp³-hybridized carbons (Fsp3) is 0.172. The molecule has 1 unspecified atom stereocenters. The van der Waals surface area contributed by atoms with Crippen molar-refractivity contribution in [2.75, 3.05) is 11.4 Å². The van der Waals surface area contributed by atoms with Gasteiger partial charge in [-0.05, 0) is 40.5 Å². The largest absolute Gasteiger partial charge is 0.506 e. The lowest BCUT2D eigenvalue weighted by Crippen LogP contribution is -2.35. The number of halogens is 1. The van der Waals surface area contributed by atoms with Crippen molar-refractivity contribution >= 4 is 39.8 Å². The van der Waals surface area contributed by atoms with Crippen molar-refractivity contribution in [2.45, 2.75) is 25.4 Å². The molecule has 0 fully saturated rings. The molecule has 3 aromatic carbocycles. The van der Waals surface area contributed by atoms with E-state index in [4.69, 9.17) is 11.6 Å². The average molecular weight is 513 g/mol. The van der Waals surface area contributed by atoms with Crippen LogP contribution in [-0.4, -0.2) is 28.4 Å². The monoisotopic (exact) mass is 512 g/mol. The first-order chi connectivity index (χ1) is 17.5. The summed E-state index contributed by atoms with van der Waals surface area (Å²) in [6.45, 7) is 2.20. The number of nitrogens with zero attached hydrogens (tertiary/aromatic N) is 2. The Balaban J connectivity index is 1.37. The minimum Gasteiger partial charge on any atom is -0.506 e. The molecule has 7 heteroatoms. The summed E-state index contributed by atoms with van der Waals surface area (Å²) in [5.74, 6) is -0.498. The second kappa shape index (κ2) is 8.03. The minimum absolute atomic E-state index is 0.0879. The highest BCUT2D eigenvalue weighted by Crippen LogP contribution is 2.54. The highest BCUT2D eigenvalue weighted by atomic mass is 35.5. The highest BCUT2D eigenvalue weighted by Gasteiger charge is 2.44. The number of hydrogen-bond donors (Lipinski definition) is 1. The van der Waals surface area contributed by atoms with E-state index in [1.807, 2.05) is 24.3 Å². The van der Waals surface area contributed by atoms with Crippen LogP contribution in [0.25, 0.3) is 0 Å². The maximum Gasteiger partial charge on any atom is 0.266 e. The molecule has 4 aromatic rings. The van der Waals surface area contributed by atoms with Gasteiger partial charge in [-0.25, -0.2) is 4.90 Å². The topological polar surface area (TPSA) is 60.9 Å². The third-order valence-electron chi connectivity index (χ3n) is 7.48. The second-order valence-corrected chi connectivity index (χ2v) is 11.1. The zero-order valence-electron chi connectivity index (χ0n) is 19.2. The summed E-state index contributed by atoms with van der Waals surface area (Å²) >= 11 is 7.89. The summed E-state index contributed by atoms with van der Waals surface area (Å²) in [7, 11) is 0. The van der Waals surface area contributed by atoms with Crippen molar-refractivity contribution in [2.24, 2.45) is 0 Å². The molecule has 3 aliphatic rings. The summed E-state index contributed by atoms with van der Waals surface area (Å²) in [5.41, 5.74) is 6.11. The number of carbonyl (C=O) groups is 2. The lowest BCUT2D eigenvalue weighted by Gasteiger charge is -2.37. The van der Waals surface area contributed by atoms with Crippen molar-refractivity contribution < 1.29 is 14.7 Å². The van der Waals surface area contributed by atoms with Gasteiger partial charge in [0.05, 0.1) is 16.1 Å². The molecule has 1 aromatic heterocycles. The first kappa shape index (κ1) is 21.8. The van der Waals surface area contributed by atoms with Gasteiger partial charge in [0.2, 0.25) is 0 Å². The zero-order chi connectivity index (χ0) is 24.6. The van der Waals surface area contributed by atoms with Gasteiger partial charge in [0.1, 0.15) is 10.8 Å². The molecular weight excluding hydrogens is 492 g/mol. The van der Waals surface area contributed by atoms with E-state index in [0.29, 0.717) is 34.1 Å². The molecule has 5 nitrogen and oxygen atoms in total. The van der Waals surface area contributed by atoms with Gasteiger partial charge >= 0.3 is 0 Å². The predicted octanol–water partition coefficient (Wildman–Crippen LogP) is 5.96. The molecule has 0 spiro atoms. The Hall–Kier alpha value is -3.45. The van der Waals surface area contributed by atoms with Gasteiger partial charge in [-0.1, -0.05) is 60.1 Å². The van der Waals surface area contributed by atoms with Crippen LogP contribution in [0.15, 0.2) is 66.7 Å². The minimum atomic E-state index is -0.270. The van der Waals surface area contributed by atoms with E-state index in [2.05, 4.69) is 17.0 Å². The van der Waals surface area contributed by atoms with Gasteiger partial charge in [0, 0.05) is 42.4 Å². The average Bonchev–Trinajstić information content (AvgIpc) is 3.36. The molecule has 0 bridgehead atoms. The fourth-order valence-corrected chi connectivity index (χ4v) is 7.52. The van der Waals surface area contributed by atoms with Gasteiger partial charge in [0.25, 0.3) is 11.8 Å². The maximum atomic E-state index is 13.4. The molecule has 1 aliphatic carbocycles. The van der Waals surface area contributed by atoms with Crippen molar-refractivity contribution in [3.05, 3.63) is 116 Å². The van der Waals surface area contributed by atoms with E-state index in [9.17, 15) is 14.7 Å². The van der Waals surface area contributed by atoms with Crippen LogP contribution in [-0.2, 0) is 19.5 Å². The van der Waals surface area contributed by atoms with Crippen LogP contribution in [0.4, 0.5) is 5.00 Å². The smallest absolute Gasteiger partial charge is 0.266 e. The quantitative estimate of drug-likeness (QED) is 0.344. The van der Waals surface area contributed by atoms with Gasteiger partial charge in [0.15, 0.2) is 0 Å². The number of phenols is 1. The molecule has 1 atom stereocenters. The number of amides is 2. The lowest BCUT2D eigenvalue weighted by molar-refractivity contribution is 0.0926. The van der Waals surface area contributed by atoms with E-state index in [1.165, 1.54) is 21.8 Å². The third kappa shape index (κ3) is 3.11. The van der Waals surface area contributed by atoms with Crippen LogP contribution in [0.2, 0.25) is 5.02 Å². The SMILES string of the molecule is O=C1c2ccccc2C(=O)N1c1sc2c3c1Cc1ccc(Cl)c(O)c1C3CN(Cc1ccccc1)C2. The molecule has 2 aliphatic heterocycles. The van der Waals surface area contributed by atoms with Crippen molar-refractivity contribution in [1.29, 1.82) is 0 Å². The fourth-order valence-electron chi connectivity index (χ4n) is 5.94. The summed E-state index contributed by atoms with van der Waals surface area (Å²) in [6, 6.07) is 21.0. The van der Waals surface area contributed by atoms with Crippen LogP contribution >= 0.6 is 22.9 Å². The molecule has 3 heterocycles. The van der Waals surface area contributed by atoms with Crippen LogP contribution < -0.4 is 4.90 Å². The number of thiophene rings is 1. The van der Waals surface area contributed by atoms with Gasteiger partial charge in [-0.3, -0.25) is 14.5 Å². The Labute approximate surface area is 217 Å². The number of imide groups is 1. The number of hydrogen-bond acceptors (Lipinski definition) is 5. The second-order valence-electron chi connectivity index (χ2n) is 9.57. The Bertz CT molecular complexity index is 1540. The normalized spacial score (nSPS) is 18.2. The number of carbonyl (C=O) groups excluding carboxylic acids is 2. The van der Waals surface area contributed by atoms with Crippen LogP contribution in [0.3, 0.4) is 0 Å². The van der Waals surface area contributed by atoms with Crippen LogP contribution in [0.1, 0.15) is 59.3 Å². The van der Waals surface area contributed by atoms with Crippen molar-refractivity contribution in [3.8, 4) is 5.75 Å². The number of fused-ring (bicyclic) bond motifs is 3. The van der Waals surface area contributed by atoms with Crippen molar-refractivity contribution in [1.82, 2.24) is 4.90 Å². The maximum absolute atomic E-state index is 13.4. The molecule has 7 rings (SSSR count). The molecule has 178 valence electrons. The Morgan fingerprint density at radius 1 is 0.917 bits per heavy atom. The first-order valence-corrected chi connectivity index (χ1v) is 13.1. The zero-order valence-corrected chi connectivity index (χ0v) is 20.8. The standard InChI is InChI=1S/C29H21ClN2O3S/c30-22-11-10-17-12-20-25-21(24(17)26(22)33)14-31(13-16-6-2-1-3-7-16)15-23(25)36-29(20)32-27(34)18-8-4-5-9-19(18)28(32)35/h1-11,21,33H,12-15H2. The molecule has 0 saturated carbocycles. The molecule has 1 N–H and O–H groups in total. The number of phenolic OH excluding ortho intramolecular Hbond substituents is 1. The Morgan fingerprint density at radius 3 is 2.33 bits per heavy atom. The predicted molar refractivity (Wildman–Crippen MR) is 140 cm³/mol. The Kier molecular flexibility index (Phi) is 4.86. The summed E-state index contributed by atoms with van der Waals surface area (Å²) in [4.78, 5) is 31.6. The number of benzene rings is 3. The summed E-state index contributed by atoms with van der Waals surface area (Å²) in [6.07, 6.45) is 0.545. The molecular formula is C29H21ClN2O3S. The van der Waals surface area contributed by atoms with Crippen LogP contribution in [0, 0.1) is 0 Å². The number of rotatable bonds is 3. The first-order valence-electron chi connectivity index (χ1n) is 11.9. The molecule has 36 heavy (non-hydrogen) atoms. The van der Waals surface area contributed by atoms with E-state index in [1.54, 1.807) is 30.3 Å². The number of aromatic hydroxyl groups is 1. The lowest BCUT2D eigenvalue weighted by atomic mass is 9.76. The Morgan fingerprint density at radius 2 is 1.61 bits per heavy atom. The van der Waals surface area contributed by atoms with E-state index < -0.39 is 0 Å². The highest BCUT2D eigenvalue weighted by molar-refractivity contribution is 7.17. The van der Waals surface area contributed by atoms with E-state index in [-0.39, 0.29) is 23.5 Å². The molecule has 0 radical (unpaired) electrons.